The van der Waals surface area contributed by atoms with Crippen molar-refractivity contribution in [2.24, 2.45) is 0 Å². The number of ketones is 1. The van der Waals surface area contributed by atoms with Crippen LogP contribution in [0.3, 0.4) is 0 Å². The van der Waals surface area contributed by atoms with Gasteiger partial charge in [-0.2, -0.15) is 0 Å². The highest BCUT2D eigenvalue weighted by atomic mass is 16.5. The van der Waals surface area contributed by atoms with Gasteiger partial charge in [-0.25, -0.2) is 4.79 Å². The van der Waals surface area contributed by atoms with Crippen LogP contribution in [0.4, 0.5) is 0 Å². The average molecular weight is 374 g/mol. The topological polar surface area (TPSA) is 80.3 Å². The van der Waals surface area contributed by atoms with E-state index in [1.54, 1.807) is 24.3 Å². The average Bonchev–Trinajstić information content (AvgIpc) is 2.71. The van der Waals surface area contributed by atoms with Crippen molar-refractivity contribution in [2.45, 2.75) is 13.0 Å². The van der Waals surface area contributed by atoms with Crippen molar-refractivity contribution < 1.29 is 33.3 Å². The number of hydrogen-bond acceptors (Lipinski definition) is 7. The van der Waals surface area contributed by atoms with Crippen LogP contribution in [0.25, 0.3) is 0 Å². The highest BCUT2D eigenvalue weighted by Gasteiger charge is 2.24. The Labute approximate surface area is 157 Å². The van der Waals surface area contributed by atoms with E-state index in [0.717, 1.165) is 0 Å². The summed E-state index contributed by atoms with van der Waals surface area (Å²) in [6.07, 6.45) is -0.983. The minimum absolute atomic E-state index is 0.129. The Hall–Kier alpha value is -3.22. The first-order valence-corrected chi connectivity index (χ1v) is 8.14. The van der Waals surface area contributed by atoms with Gasteiger partial charge in [-0.3, -0.25) is 4.79 Å². The van der Waals surface area contributed by atoms with Crippen LogP contribution in [0.1, 0.15) is 27.6 Å². The first kappa shape index (κ1) is 20.1. The molecule has 7 nitrogen and oxygen atoms in total. The highest BCUT2D eigenvalue weighted by molar-refractivity contribution is 6.02. The van der Waals surface area contributed by atoms with E-state index in [0.29, 0.717) is 22.8 Å². The van der Waals surface area contributed by atoms with Crippen molar-refractivity contribution in [3.63, 3.8) is 0 Å². The van der Waals surface area contributed by atoms with Crippen LogP contribution in [0, 0.1) is 0 Å². The van der Waals surface area contributed by atoms with Crippen LogP contribution >= 0.6 is 0 Å². The van der Waals surface area contributed by atoms with Gasteiger partial charge in [0, 0.05) is 17.7 Å². The number of carbonyl (C=O) groups is 2. The third-order valence-electron chi connectivity index (χ3n) is 3.95. The molecule has 144 valence electrons. The summed E-state index contributed by atoms with van der Waals surface area (Å²) in [7, 11) is 5.89. The fourth-order valence-electron chi connectivity index (χ4n) is 2.46. The first-order chi connectivity index (χ1) is 12.9. The molecular formula is C20H22O7. The smallest absolute Gasteiger partial charge is 0.342 e. The Morgan fingerprint density at radius 3 is 1.85 bits per heavy atom. The van der Waals surface area contributed by atoms with Crippen LogP contribution < -0.4 is 18.9 Å². The van der Waals surface area contributed by atoms with E-state index in [1.807, 2.05) is 0 Å². The standard InChI is InChI=1S/C20H22O7/c1-12(19(21)13-6-8-14(23-2)9-7-13)27-20(22)15-10-17(25-4)18(26-5)11-16(15)24-3/h6-12H,1-5H3. The van der Waals surface area contributed by atoms with Gasteiger partial charge in [0.15, 0.2) is 17.6 Å². The number of benzene rings is 2. The monoisotopic (exact) mass is 374 g/mol. The van der Waals surface area contributed by atoms with Gasteiger partial charge in [0.25, 0.3) is 0 Å². The van der Waals surface area contributed by atoms with Crippen molar-refractivity contribution >= 4 is 11.8 Å². The second-order valence-electron chi connectivity index (χ2n) is 5.55. The Kier molecular flexibility index (Phi) is 6.65. The molecule has 0 aliphatic heterocycles. The molecule has 0 N–H and O–H groups in total. The van der Waals surface area contributed by atoms with Crippen molar-refractivity contribution in [2.75, 3.05) is 28.4 Å². The van der Waals surface area contributed by atoms with E-state index < -0.39 is 12.1 Å². The molecule has 0 fully saturated rings. The summed E-state index contributed by atoms with van der Waals surface area (Å²) in [6.45, 7) is 1.51. The van der Waals surface area contributed by atoms with Crippen molar-refractivity contribution in [3.05, 3.63) is 47.5 Å². The van der Waals surface area contributed by atoms with Gasteiger partial charge in [-0.1, -0.05) is 0 Å². The number of ether oxygens (including phenoxy) is 5. The Morgan fingerprint density at radius 2 is 1.33 bits per heavy atom. The molecule has 0 saturated carbocycles. The number of rotatable bonds is 8. The fraction of sp³-hybridized carbons (Fsp3) is 0.300. The molecule has 0 bridgehead atoms. The molecule has 2 rings (SSSR count). The molecular weight excluding hydrogens is 352 g/mol. The number of carbonyl (C=O) groups excluding carboxylic acids is 2. The normalized spacial score (nSPS) is 11.3. The second-order valence-corrected chi connectivity index (χ2v) is 5.55. The third-order valence-corrected chi connectivity index (χ3v) is 3.95. The van der Waals surface area contributed by atoms with Crippen molar-refractivity contribution in [1.82, 2.24) is 0 Å². The zero-order chi connectivity index (χ0) is 20.0. The zero-order valence-electron chi connectivity index (χ0n) is 15.9. The number of Topliss-reactive ketones (excluding diaryl/α,β-unsaturated/α-hetero) is 1. The quantitative estimate of drug-likeness (QED) is 0.519. The molecule has 0 heterocycles. The maximum Gasteiger partial charge on any atom is 0.342 e. The maximum absolute atomic E-state index is 12.6. The minimum atomic E-state index is -0.983. The Bertz CT molecular complexity index is 812. The molecule has 0 aromatic heterocycles. The molecule has 27 heavy (non-hydrogen) atoms. The first-order valence-electron chi connectivity index (χ1n) is 8.14. The van der Waals surface area contributed by atoms with Gasteiger partial charge in [0.2, 0.25) is 5.78 Å². The van der Waals surface area contributed by atoms with Gasteiger partial charge in [-0.15, -0.1) is 0 Å². The van der Waals surface area contributed by atoms with Crippen LogP contribution in [-0.2, 0) is 4.74 Å². The summed E-state index contributed by atoms with van der Waals surface area (Å²) in [5, 5.41) is 0. The van der Waals surface area contributed by atoms with Crippen molar-refractivity contribution in [1.29, 1.82) is 0 Å². The summed E-state index contributed by atoms with van der Waals surface area (Å²) >= 11 is 0. The minimum Gasteiger partial charge on any atom is -0.497 e. The Balaban J connectivity index is 2.21. The van der Waals surface area contributed by atoms with Crippen LogP contribution in [-0.4, -0.2) is 46.3 Å². The summed E-state index contributed by atoms with van der Waals surface area (Å²) in [6, 6.07) is 9.53. The van der Waals surface area contributed by atoms with E-state index >= 15 is 0 Å². The van der Waals surface area contributed by atoms with E-state index in [9.17, 15) is 9.59 Å². The predicted molar refractivity (Wildman–Crippen MR) is 98.3 cm³/mol. The summed E-state index contributed by atoms with van der Waals surface area (Å²) in [5.74, 6) is 0.605. The lowest BCUT2D eigenvalue weighted by Crippen LogP contribution is -2.24. The van der Waals surface area contributed by atoms with E-state index in [1.165, 1.54) is 47.5 Å². The molecule has 0 saturated heterocycles. The van der Waals surface area contributed by atoms with Crippen LogP contribution in [0.2, 0.25) is 0 Å². The molecule has 2 aromatic rings. The molecule has 0 radical (unpaired) electrons. The molecule has 0 aliphatic carbocycles. The molecule has 0 aliphatic rings. The second kappa shape index (κ2) is 8.93. The van der Waals surface area contributed by atoms with Gasteiger partial charge >= 0.3 is 5.97 Å². The molecule has 1 atom stereocenters. The summed E-state index contributed by atoms with van der Waals surface area (Å²) in [5.41, 5.74) is 0.542. The van der Waals surface area contributed by atoms with E-state index in [-0.39, 0.29) is 17.1 Å². The molecule has 2 aromatic carbocycles. The van der Waals surface area contributed by atoms with Gasteiger partial charge in [-0.05, 0) is 31.2 Å². The maximum atomic E-state index is 12.6. The van der Waals surface area contributed by atoms with Crippen LogP contribution in [0.15, 0.2) is 36.4 Å². The van der Waals surface area contributed by atoms with E-state index in [4.69, 9.17) is 23.7 Å². The summed E-state index contributed by atoms with van der Waals surface area (Å²) < 4.78 is 26.0. The van der Waals surface area contributed by atoms with E-state index in [2.05, 4.69) is 0 Å². The van der Waals surface area contributed by atoms with Gasteiger partial charge in [0.05, 0.1) is 28.4 Å². The zero-order valence-corrected chi connectivity index (χ0v) is 15.9. The lowest BCUT2D eigenvalue weighted by Gasteiger charge is -2.16. The number of methoxy groups -OCH3 is 4. The summed E-state index contributed by atoms with van der Waals surface area (Å²) in [4.78, 5) is 25.1. The van der Waals surface area contributed by atoms with Crippen LogP contribution in [0.5, 0.6) is 23.0 Å². The van der Waals surface area contributed by atoms with Crippen molar-refractivity contribution in [3.8, 4) is 23.0 Å². The highest BCUT2D eigenvalue weighted by Crippen LogP contribution is 2.35. The Morgan fingerprint density at radius 1 is 0.778 bits per heavy atom. The third kappa shape index (κ3) is 4.49. The van der Waals surface area contributed by atoms with Gasteiger partial charge < -0.3 is 23.7 Å². The largest absolute Gasteiger partial charge is 0.497 e. The SMILES string of the molecule is COc1ccc(C(=O)C(C)OC(=O)c2cc(OC)c(OC)cc2OC)cc1. The number of esters is 1. The molecule has 0 amide bonds. The predicted octanol–water partition coefficient (Wildman–Crippen LogP) is 3.15. The molecule has 7 heteroatoms. The lowest BCUT2D eigenvalue weighted by atomic mass is 10.1. The molecule has 1 unspecified atom stereocenters. The fourth-order valence-corrected chi connectivity index (χ4v) is 2.46. The number of hydrogen-bond donors (Lipinski definition) is 0. The van der Waals surface area contributed by atoms with Gasteiger partial charge in [0.1, 0.15) is 17.1 Å². The molecule has 0 spiro atoms. The lowest BCUT2D eigenvalue weighted by molar-refractivity contribution is 0.0315.